The zero-order valence-electron chi connectivity index (χ0n) is 8.88. The van der Waals surface area contributed by atoms with E-state index in [4.69, 9.17) is 5.73 Å². The summed E-state index contributed by atoms with van der Waals surface area (Å²) in [5.74, 6) is 0. The Labute approximate surface area is 93.7 Å². The van der Waals surface area contributed by atoms with Gasteiger partial charge in [0.2, 0.25) is 0 Å². The van der Waals surface area contributed by atoms with E-state index >= 15 is 0 Å². The molecule has 0 radical (unpaired) electrons. The molecule has 0 aliphatic carbocycles. The normalized spacial score (nSPS) is 12.6. The van der Waals surface area contributed by atoms with Gasteiger partial charge in [-0.25, -0.2) is 4.39 Å². The topological polar surface area (TPSA) is 43.8 Å². The maximum absolute atomic E-state index is 13.2. The number of aromatic nitrogens is 2. The second kappa shape index (κ2) is 4.90. The van der Waals surface area contributed by atoms with Crippen molar-refractivity contribution in [2.45, 2.75) is 12.7 Å². The summed E-state index contributed by atoms with van der Waals surface area (Å²) in [7, 11) is 0. The highest BCUT2D eigenvalue weighted by Crippen LogP contribution is 2.15. The number of hydrogen-bond acceptors (Lipinski definition) is 2. The molecule has 4 heteroatoms. The van der Waals surface area contributed by atoms with Gasteiger partial charge in [0.1, 0.15) is 6.17 Å². The molecule has 0 aliphatic rings. The minimum absolute atomic E-state index is 0.00295. The quantitative estimate of drug-likeness (QED) is 0.853. The summed E-state index contributed by atoms with van der Waals surface area (Å²) in [6, 6.07) is 9.92. The summed E-state index contributed by atoms with van der Waals surface area (Å²) in [4.78, 5) is 0. The summed E-state index contributed by atoms with van der Waals surface area (Å²) in [6.45, 7) is 0.648. The van der Waals surface area contributed by atoms with Crippen LogP contribution in [0.25, 0.3) is 0 Å². The van der Waals surface area contributed by atoms with E-state index in [1.165, 1.54) is 6.20 Å². The average Bonchev–Trinajstić information content (AvgIpc) is 2.78. The SMILES string of the molecule is NCC(F)c1cnn(Cc2ccccc2)c1. The lowest BCUT2D eigenvalue weighted by atomic mass is 10.2. The molecule has 0 amide bonds. The maximum atomic E-state index is 13.2. The molecule has 0 spiro atoms. The standard InChI is InChI=1S/C12H14FN3/c13-12(6-14)11-7-15-16(9-11)8-10-4-2-1-3-5-10/h1-5,7,9,12H,6,8,14H2. The van der Waals surface area contributed by atoms with Gasteiger partial charge < -0.3 is 5.73 Å². The smallest absolute Gasteiger partial charge is 0.140 e. The number of benzene rings is 1. The van der Waals surface area contributed by atoms with Crippen LogP contribution in [0, 0.1) is 0 Å². The minimum atomic E-state index is -1.12. The van der Waals surface area contributed by atoms with Crippen LogP contribution in [0.5, 0.6) is 0 Å². The molecule has 1 heterocycles. The molecular weight excluding hydrogens is 205 g/mol. The molecule has 16 heavy (non-hydrogen) atoms. The van der Waals surface area contributed by atoms with Gasteiger partial charge in [0.05, 0.1) is 12.7 Å². The second-order valence-electron chi connectivity index (χ2n) is 3.66. The highest BCUT2D eigenvalue weighted by atomic mass is 19.1. The van der Waals surface area contributed by atoms with E-state index in [2.05, 4.69) is 5.10 Å². The van der Waals surface area contributed by atoms with Gasteiger partial charge in [-0.15, -0.1) is 0 Å². The lowest BCUT2D eigenvalue weighted by molar-refractivity contribution is 0.352. The monoisotopic (exact) mass is 219 g/mol. The third-order valence-electron chi connectivity index (χ3n) is 2.41. The Hall–Kier alpha value is -1.68. The highest BCUT2D eigenvalue weighted by Gasteiger charge is 2.09. The Morgan fingerprint density at radius 3 is 2.75 bits per heavy atom. The molecule has 3 nitrogen and oxygen atoms in total. The summed E-state index contributed by atoms with van der Waals surface area (Å²) in [5, 5.41) is 4.10. The molecule has 1 aromatic carbocycles. The van der Waals surface area contributed by atoms with E-state index in [0.717, 1.165) is 5.56 Å². The number of nitrogens with zero attached hydrogens (tertiary/aromatic N) is 2. The van der Waals surface area contributed by atoms with Gasteiger partial charge in [0.15, 0.2) is 0 Å². The molecule has 0 bridgehead atoms. The van der Waals surface area contributed by atoms with Crippen LogP contribution in [0.3, 0.4) is 0 Å². The third-order valence-corrected chi connectivity index (χ3v) is 2.41. The Bertz CT molecular complexity index is 439. The summed E-state index contributed by atoms with van der Waals surface area (Å²) >= 11 is 0. The van der Waals surface area contributed by atoms with Crippen molar-refractivity contribution in [3.05, 3.63) is 53.9 Å². The van der Waals surface area contributed by atoms with Crippen molar-refractivity contribution >= 4 is 0 Å². The van der Waals surface area contributed by atoms with Crippen LogP contribution >= 0.6 is 0 Å². The average molecular weight is 219 g/mol. The summed E-state index contributed by atoms with van der Waals surface area (Å²) in [6.07, 6.45) is 2.11. The zero-order chi connectivity index (χ0) is 11.4. The first kappa shape index (κ1) is 10.8. The van der Waals surface area contributed by atoms with Crippen LogP contribution in [-0.2, 0) is 6.54 Å². The van der Waals surface area contributed by atoms with Crippen LogP contribution in [-0.4, -0.2) is 16.3 Å². The van der Waals surface area contributed by atoms with Crippen LogP contribution in [0.15, 0.2) is 42.7 Å². The van der Waals surface area contributed by atoms with Gasteiger partial charge >= 0.3 is 0 Å². The molecule has 1 aromatic heterocycles. The lowest BCUT2D eigenvalue weighted by Gasteiger charge is -2.02. The molecular formula is C12H14FN3. The van der Waals surface area contributed by atoms with Gasteiger partial charge in [0.25, 0.3) is 0 Å². The maximum Gasteiger partial charge on any atom is 0.140 e. The molecule has 2 N–H and O–H groups in total. The fraction of sp³-hybridized carbons (Fsp3) is 0.250. The Morgan fingerprint density at radius 2 is 2.06 bits per heavy atom. The second-order valence-corrected chi connectivity index (χ2v) is 3.66. The number of halogens is 1. The fourth-order valence-corrected chi connectivity index (χ4v) is 1.53. The van der Waals surface area contributed by atoms with E-state index in [-0.39, 0.29) is 6.54 Å². The van der Waals surface area contributed by atoms with Crippen molar-refractivity contribution in [3.63, 3.8) is 0 Å². The molecule has 0 saturated carbocycles. The van der Waals surface area contributed by atoms with Crippen LogP contribution < -0.4 is 5.73 Å². The number of nitrogens with two attached hydrogens (primary N) is 1. The largest absolute Gasteiger partial charge is 0.327 e. The van der Waals surface area contributed by atoms with Crippen molar-refractivity contribution in [2.24, 2.45) is 5.73 Å². The lowest BCUT2D eigenvalue weighted by Crippen LogP contribution is -2.07. The first-order valence-corrected chi connectivity index (χ1v) is 5.20. The van der Waals surface area contributed by atoms with Gasteiger partial charge in [0, 0.05) is 18.3 Å². The van der Waals surface area contributed by atoms with E-state index in [1.807, 2.05) is 30.3 Å². The molecule has 2 aromatic rings. The van der Waals surface area contributed by atoms with Crippen molar-refractivity contribution in [3.8, 4) is 0 Å². The molecule has 1 unspecified atom stereocenters. The summed E-state index contributed by atoms with van der Waals surface area (Å²) in [5.41, 5.74) is 6.93. The van der Waals surface area contributed by atoms with E-state index in [9.17, 15) is 4.39 Å². The van der Waals surface area contributed by atoms with Crippen LogP contribution in [0.4, 0.5) is 4.39 Å². The molecule has 0 fully saturated rings. The van der Waals surface area contributed by atoms with Gasteiger partial charge in [-0.05, 0) is 5.56 Å². The fourth-order valence-electron chi connectivity index (χ4n) is 1.53. The van der Waals surface area contributed by atoms with Gasteiger partial charge in [-0.1, -0.05) is 30.3 Å². The molecule has 84 valence electrons. The van der Waals surface area contributed by atoms with Crippen LogP contribution in [0.1, 0.15) is 17.3 Å². The Morgan fingerprint density at radius 1 is 1.31 bits per heavy atom. The van der Waals surface area contributed by atoms with Gasteiger partial charge in [-0.3, -0.25) is 4.68 Å². The highest BCUT2D eigenvalue weighted by molar-refractivity contribution is 5.16. The molecule has 0 aliphatic heterocycles. The van der Waals surface area contributed by atoms with Crippen molar-refractivity contribution in [2.75, 3.05) is 6.54 Å². The summed E-state index contributed by atoms with van der Waals surface area (Å²) < 4.78 is 15.0. The first-order valence-electron chi connectivity index (χ1n) is 5.20. The number of rotatable bonds is 4. The molecule has 1 atom stereocenters. The Kier molecular flexibility index (Phi) is 3.31. The van der Waals surface area contributed by atoms with Crippen LogP contribution in [0.2, 0.25) is 0 Å². The van der Waals surface area contributed by atoms with Gasteiger partial charge in [-0.2, -0.15) is 5.10 Å². The minimum Gasteiger partial charge on any atom is -0.327 e. The van der Waals surface area contributed by atoms with E-state index in [0.29, 0.717) is 12.1 Å². The predicted molar refractivity (Wildman–Crippen MR) is 60.7 cm³/mol. The Balaban J connectivity index is 2.09. The predicted octanol–water partition coefficient (Wildman–Crippen LogP) is 1.90. The number of hydrogen-bond donors (Lipinski definition) is 1. The zero-order valence-corrected chi connectivity index (χ0v) is 8.88. The van der Waals surface area contributed by atoms with Crippen molar-refractivity contribution < 1.29 is 4.39 Å². The number of alkyl halides is 1. The first-order chi connectivity index (χ1) is 7.79. The van der Waals surface area contributed by atoms with Crippen molar-refractivity contribution in [1.29, 1.82) is 0 Å². The molecule has 2 rings (SSSR count). The van der Waals surface area contributed by atoms with E-state index < -0.39 is 6.17 Å². The third kappa shape index (κ3) is 2.46. The van der Waals surface area contributed by atoms with Crippen molar-refractivity contribution in [1.82, 2.24) is 9.78 Å². The van der Waals surface area contributed by atoms with E-state index in [1.54, 1.807) is 10.9 Å². The molecule has 0 saturated heterocycles.